The van der Waals surface area contributed by atoms with Crippen molar-refractivity contribution >= 4 is 50.7 Å². The predicted molar refractivity (Wildman–Crippen MR) is 176 cm³/mol. The molecule has 1 atom stereocenters. The molecule has 0 bridgehead atoms. The van der Waals surface area contributed by atoms with Crippen LogP contribution >= 0.6 is 23.2 Å². The SMILES string of the molecule is CCS(=O)(=O)c1ccc(Cl)cc1N(C)C(=O)c1cc(Cl)c(CN2CCC[C@H](CCNC(=O)OCc3ccccc3)C2)c(C(F)(F)F)c1. The quantitative estimate of drug-likeness (QED) is 0.220. The van der Waals surface area contributed by atoms with Crippen LogP contribution in [0.1, 0.15) is 53.2 Å². The first-order valence-electron chi connectivity index (χ1n) is 15.1. The van der Waals surface area contributed by atoms with Gasteiger partial charge in [-0.25, -0.2) is 13.2 Å². The van der Waals surface area contributed by atoms with E-state index in [0.29, 0.717) is 26.1 Å². The molecule has 0 aliphatic carbocycles. The number of piperidine rings is 1. The molecule has 1 heterocycles. The fourth-order valence-electron chi connectivity index (χ4n) is 5.55. The average Bonchev–Trinajstić information content (AvgIpc) is 3.04. The van der Waals surface area contributed by atoms with E-state index in [-0.39, 0.29) is 56.6 Å². The van der Waals surface area contributed by atoms with E-state index in [2.05, 4.69) is 5.32 Å². The van der Waals surface area contributed by atoms with Crippen molar-refractivity contribution in [2.75, 3.05) is 37.3 Å². The Kier molecular flexibility index (Phi) is 12.2. The zero-order valence-corrected chi connectivity index (χ0v) is 28.3. The zero-order chi connectivity index (χ0) is 34.4. The van der Waals surface area contributed by atoms with Crippen LogP contribution in [0.4, 0.5) is 23.7 Å². The first-order chi connectivity index (χ1) is 22.2. The Morgan fingerprint density at radius 3 is 2.49 bits per heavy atom. The molecule has 1 fully saturated rings. The molecule has 254 valence electrons. The number of rotatable bonds is 11. The lowest BCUT2D eigenvalue weighted by molar-refractivity contribution is -0.138. The number of halogens is 5. The van der Waals surface area contributed by atoms with Crippen LogP contribution in [-0.4, -0.2) is 57.8 Å². The Hall–Kier alpha value is -3.32. The number of alkyl carbamates (subject to hydrolysis) is 1. The van der Waals surface area contributed by atoms with Gasteiger partial charge in [0.1, 0.15) is 6.61 Å². The minimum absolute atomic E-state index is 0.0589. The van der Waals surface area contributed by atoms with Crippen LogP contribution in [-0.2, 0) is 33.9 Å². The number of amides is 2. The van der Waals surface area contributed by atoms with E-state index in [1.807, 2.05) is 35.2 Å². The van der Waals surface area contributed by atoms with Gasteiger partial charge in [-0.2, -0.15) is 13.2 Å². The van der Waals surface area contributed by atoms with Crippen LogP contribution in [0.2, 0.25) is 10.0 Å². The second kappa shape index (κ2) is 15.7. The molecular formula is C33H36Cl2F3N3O5S. The topological polar surface area (TPSA) is 96.0 Å². The Morgan fingerprint density at radius 1 is 1.09 bits per heavy atom. The molecule has 1 aliphatic rings. The molecule has 0 aromatic heterocycles. The lowest BCUT2D eigenvalue weighted by Gasteiger charge is -2.33. The first-order valence-corrected chi connectivity index (χ1v) is 17.5. The summed E-state index contributed by atoms with van der Waals surface area (Å²) in [7, 11) is -2.52. The van der Waals surface area contributed by atoms with Crippen LogP contribution in [0.5, 0.6) is 0 Å². The van der Waals surface area contributed by atoms with Gasteiger partial charge in [-0.3, -0.25) is 9.69 Å². The highest BCUT2D eigenvalue weighted by molar-refractivity contribution is 7.91. The highest BCUT2D eigenvalue weighted by atomic mass is 35.5. The van der Waals surface area contributed by atoms with Gasteiger partial charge in [0.15, 0.2) is 9.84 Å². The summed E-state index contributed by atoms with van der Waals surface area (Å²) in [6, 6.07) is 15.1. The number of sulfone groups is 1. The van der Waals surface area contributed by atoms with E-state index in [1.54, 1.807) is 0 Å². The van der Waals surface area contributed by atoms with E-state index in [1.165, 1.54) is 38.2 Å². The van der Waals surface area contributed by atoms with Crippen LogP contribution in [0, 0.1) is 5.92 Å². The molecule has 0 spiro atoms. The Morgan fingerprint density at radius 2 is 1.81 bits per heavy atom. The van der Waals surface area contributed by atoms with Gasteiger partial charge in [0.25, 0.3) is 5.91 Å². The number of nitrogens with one attached hydrogen (secondary N) is 1. The van der Waals surface area contributed by atoms with Crippen LogP contribution in [0.3, 0.4) is 0 Å². The minimum Gasteiger partial charge on any atom is -0.445 e. The molecule has 0 saturated carbocycles. The molecule has 3 aromatic rings. The second-order valence-electron chi connectivity index (χ2n) is 11.4. The van der Waals surface area contributed by atoms with Crippen molar-refractivity contribution in [2.24, 2.45) is 5.92 Å². The first kappa shape index (κ1) is 36.5. The molecule has 0 radical (unpaired) electrons. The van der Waals surface area contributed by atoms with Crippen molar-refractivity contribution in [1.82, 2.24) is 10.2 Å². The van der Waals surface area contributed by atoms with Gasteiger partial charge in [-0.15, -0.1) is 0 Å². The molecule has 4 rings (SSSR count). The minimum atomic E-state index is -4.82. The van der Waals surface area contributed by atoms with Crippen molar-refractivity contribution in [1.29, 1.82) is 0 Å². The molecule has 3 aromatic carbocycles. The summed E-state index contributed by atoms with van der Waals surface area (Å²) < 4.78 is 73.8. The highest BCUT2D eigenvalue weighted by Gasteiger charge is 2.37. The van der Waals surface area contributed by atoms with E-state index in [0.717, 1.165) is 29.4 Å². The second-order valence-corrected chi connectivity index (χ2v) is 14.5. The summed E-state index contributed by atoms with van der Waals surface area (Å²) >= 11 is 12.5. The number of benzene rings is 3. The standard InChI is InChI=1S/C33H36Cl2F3N3O5S/c1-3-47(44,45)30-12-11-25(34)18-29(30)40(2)31(42)24-16-27(33(36,37)38)26(28(35)17-24)20-41-15-7-10-22(19-41)13-14-39-32(43)46-21-23-8-5-4-6-9-23/h4-6,8-9,11-12,16-18,22H,3,7,10,13-15,19-21H2,1-2H3,(H,39,43)/t22-/m1/s1. The summed E-state index contributed by atoms with van der Waals surface area (Å²) in [5.41, 5.74) is -0.742. The zero-order valence-electron chi connectivity index (χ0n) is 25.9. The number of ether oxygens (including phenoxy) is 1. The number of alkyl halides is 3. The highest BCUT2D eigenvalue weighted by Crippen LogP contribution is 2.38. The smallest absolute Gasteiger partial charge is 0.416 e. The summed E-state index contributed by atoms with van der Waals surface area (Å²) in [5, 5.41) is 2.66. The summed E-state index contributed by atoms with van der Waals surface area (Å²) in [4.78, 5) is 28.2. The van der Waals surface area contributed by atoms with Gasteiger partial charge in [0, 0.05) is 42.3 Å². The number of likely N-dealkylation sites (tertiary alicyclic amines) is 1. The number of carbonyl (C=O) groups excluding carboxylic acids is 2. The summed E-state index contributed by atoms with van der Waals surface area (Å²) in [6.07, 6.45) is -3.13. The lowest BCUT2D eigenvalue weighted by atomic mass is 9.93. The predicted octanol–water partition coefficient (Wildman–Crippen LogP) is 7.61. The monoisotopic (exact) mass is 713 g/mol. The number of hydrogen-bond acceptors (Lipinski definition) is 6. The van der Waals surface area contributed by atoms with E-state index in [9.17, 15) is 31.2 Å². The number of anilines is 1. The Labute approximate surface area is 282 Å². The largest absolute Gasteiger partial charge is 0.445 e. The van der Waals surface area contributed by atoms with Crippen LogP contribution < -0.4 is 10.2 Å². The molecule has 1 aliphatic heterocycles. The lowest BCUT2D eigenvalue weighted by Crippen LogP contribution is -2.37. The maximum absolute atomic E-state index is 14.4. The fourth-order valence-corrected chi connectivity index (χ4v) is 7.10. The summed E-state index contributed by atoms with van der Waals surface area (Å²) in [5.74, 6) is -1.00. The van der Waals surface area contributed by atoms with Gasteiger partial charge in [0.2, 0.25) is 0 Å². The average molecular weight is 715 g/mol. The molecule has 14 heteroatoms. The number of nitrogens with zero attached hydrogens (tertiary/aromatic N) is 2. The van der Waals surface area contributed by atoms with E-state index < -0.39 is 33.6 Å². The fraction of sp³-hybridized carbons (Fsp3) is 0.394. The molecule has 47 heavy (non-hydrogen) atoms. The van der Waals surface area contributed by atoms with E-state index in [4.69, 9.17) is 27.9 Å². The third-order valence-electron chi connectivity index (χ3n) is 8.07. The van der Waals surface area contributed by atoms with Crippen molar-refractivity contribution in [3.63, 3.8) is 0 Å². The molecule has 1 N–H and O–H groups in total. The third-order valence-corrected chi connectivity index (χ3v) is 10.4. The van der Waals surface area contributed by atoms with Gasteiger partial charge in [0.05, 0.1) is 21.9 Å². The third kappa shape index (κ3) is 9.62. The van der Waals surface area contributed by atoms with Crippen molar-refractivity contribution in [3.8, 4) is 0 Å². The van der Waals surface area contributed by atoms with Crippen LogP contribution in [0.15, 0.2) is 65.6 Å². The van der Waals surface area contributed by atoms with Gasteiger partial charge < -0.3 is 15.0 Å². The maximum Gasteiger partial charge on any atom is 0.416 e. The Balaban J connectivity index is 1.45. The molecule has 8 nitrogen and oxygen atoms in total. The van der Waals surface area contributed by atoms with Gasteiger partial charge >= 0.3 is 12.3 Å². The van der Waals surface area contributed by atoms with Crippen molar-refractivity contribution in [3.05, 3.63) is 93.0 Å². The number of carbonyl (C=O) groups is 2. The maximum atomic E-state index is 14.4. The molecular weight excluding hydrogens is 678 g/mol. The summed E-state index contributed by atoms with van der Waals surface area (Å²) in [6.45, 7) is 2.92. The molecule has 1 saturated heterocycles. The van der Waals surface area contributed by atoms with Crippen molar-refractivity contribution < 1.29 is 35.9 Å². The van der Waals surface area contributed by atoms with Crippen LogP contribution in [0.25, 0.3) is 0 Å². The normalized spacial score (nSPS) is 15.7. The Bertz CT molecular complexity index is 1690. The van der Waals surface area contributed by atoms with Gasteiger partial charge in [-0.05, 0) is 73.2 Å². The van der Waals surface area contributed by atoms with E-state index >= 15 is 0 Å². The van der Waals surface area contributed by atoms with Gasteiger partial charge in [-0.1, -0.05) is 60.5 Å². The number of hydrogen-bond donors (Lipinski definition) is 1. The van der Waals surface area contributed by atoms with Crippen molar-refractivity contribution in [2.45, 2.75) is 50.4 Å². The molecule has 2 amide bonds. The molecule has 0 unspecified atom stereocenters.